The molecule has 0 radical (unpaired) electrons. The van der Waals surface area contributed by atoms with Gasteiger partial charge < -0.3 is 10.5 Å². The third kappa shape index (κ3) is 3.00. The van der Waals surface area contributed by atoms with E-state index >= 15 is 0 Å². The fourth-order valence-electron chi connectivity index (χ4n) is 1.20. The van der Waals surface area contributed by atoms with Crippen molar-refractivity contribution in [2.75, 3.05) is 13.2 Å². The summed E-state index contributed by atoms with van der Waals surface area (Å²) in [4.78, 5) is 0. The number of rotatable bonds is 5. The van der Waals surface area contributed by atoms with Gasteiger partial charge in [-0.05, 0) is 31.0 Å². The molecule has 0 atom stereocenters. The maximum absolute atomic E-state index is 13.3. The minimum atomic E-state index is -0.232. The molecule has 0 aliphatic rings. The zero-order chi connectivity index (χ0) is 10.4. The van der Waals surface area contributed by atoms with E-state index in [1.165, 1.54) is 6.07 Å². The molecular formula is C11H16FNO. The lowest BCUT2D eigenvalue weighted by atomic mass is 10.1. The van der Waals surface area contributed by atoms with Crippen molar-refractivity contribution >= 4 is 0 Å². The maximum Gasteiger partial charge on any atom is 0.130 e. The second-order valence-corrected chi connectivity index (χ2v) is 3.14. The first-order chi connectivity index (χ1) is 6.77. The second-order valence-electron chi connectivity index (χ2n) is 3.14. The van der Waals surface area contributed by atoms with E-state index in [4.69, 9.17) is 10.5 Å². The molecule has 2 N–H and O–H groups in total. The maximum atomic E-state index is 13.3. The molecule has 0 bridgehead atoms. The average Bonchev–Trinajstić information content (AvgIpc) is 2.19. The van der Waals surface area contributed by atoms with Crippen LogP contribution >= 0.6 is 0 Å². The van der Waals surface area contributed by atoms with Gasteiger partial charge >= 0.3 is 0 Å². The standard InChI is InChI=1S/C11H16FNO/c1-2-7-14-10-4-3-9(5-6-13)11(12)8-10/h3-4,8H,2,5-7,13H2,1H3. The summed E-state index contributed by atoms with van der Waals surface area (Å²) in [6, 6.07) is 4.93. The molecule has 0 saturated heterocycles. The van der Waals surface area contributed by atoms with Gasteiger partial charge in [-0.25, -0.2) is 4.39 Å². The summed E-state index contributed by atoms with van der Waals surface area (Å²) in [6.07, 6.45) is 1.49. The van der Waals surface area contributed by atoms with Crippen LogP contribution in [0, 0.1) is 5.82 Å². The molecule has 78 valence electrons. The second kappa shape index (κ2) is 5.60. The Labute approximate surface area is 83.9 Å². The normalized spacial score (nSPS) is 10.2. The van der Waals surface area contributed by atoms with Crippen LogP contribution in [0.3, 0.4) is 0 Å². The molecule has 0 aromatic heterocycles. The van der Waals surface area contributed by atoms with E-state index in [1.807, 2.05) is 6.92 Å². The van der Waals surface area contributed by atoms with Crippen LogP contribution in [0.5, 0.6) is 5.75 Å². The number of halogens is 1. The van der Waals surface area contributed by atoms with E-state index in [1.54, 1.807) is 12.1 Å². The van der Waals surface area contributed by atoms with Gasteiger partial charge in [0.15, 0.2) is 0 Å². The first-order valence-corrected chi connectivity index (χ1v) is 4.89. The molecule has 14 heavy (non-hydrogen) atoms. The van der Waals surface area contributed by atoms with E-state index in [0.29, 0.717) is 30.9 Å². The fraction of sp³-hybridized carbons (Fsp3) is 0.455. The van der Waals surface area contributed by atoms with Crippen LogP contribution in [0.15, 0.2) is 18.2 Å². The quantitative estimate of drug-likeness (QED) is 0.784. The van der Waals surface area contributed by atoms with Crippen LogP contribution < -0.4 is 10.5 Å². The smallest absolute Gasteiger partial charge is 0.130 e. The number of hydrogen-bond donors (Lipinski definition) is 1. The SMILES string of the molecule is CCCOc1ccc(CCN)c(F)c1. The average molecular weight is 197 g/mol. The lowest BCUT2D eigenvalue weighted by Crippen LogP contribution is -2.05. The molecule has 1 rings (SSSR count). The minimum absolute atomic E-state index is 0.232. The van der Waals surface area contributed by atoms with Crippen LogP contribution in [0.4, 0.5) is 4.39 Å². The molecule has 2 nitrogen and oxygen atoms in total. The van der Waals surface area contributed by atoms with Crippen LogP contribution in [-0.4, -0.2) is 13.2 Å². The first-order valence-electron chi connectivity index (χ1n) is 4.89. The highest BCUT2D eigenvalue weighted by Crippen LogP contribution is 2.16. The van der Waals surface area contributed by atoms with Gasteiger partial charge in [0, 0.05) is 6.07 Å². The van der Waals surface area contributed by atoms with Crippen molar-refractivity contribution in [2.45, 2.75) is 19.8 Å². The summed E-state index contributed by atoms with van der Waals surface area (Å²) < 4.78 is 18.6. The Morgan fingerprint density at radius 3 is 2.79 bits per heavy atom. The minimum Gasteiger partial charge on any atom is -0.494 e. The van der Waals surface area contributed by atoms with Crippen molar-refractivity contribution < 1.29 is 9.13 Å². The zero-order valence-corrected chi connectivity index (χ0v) is 8.42. The van der Waals surface area contributed by atoms with Gasteiger partial charge in [-0.15, -0.1) is 0 Å². The van der Waals surface area contributed by atoms with Crippen molar-refractivity contribution in [2.24, 2.45) is 5.73 Å². The van der Waals surface area contributed by atoms with Crippen molar-refractivity contribution in [3.8, 4) is 5.75 Å². The molecule has 0 unspecified atom stereocenters. The molecule has 1 aromatic rings. The van der Waals surface area contributed by atoms with E-state index in [2.05, 4.69) is 0 Å². The Kier molecular flexibility index (Phi) is 4.40. The Bertz CT molecular complexity index is 289. The summed E-state index contributed by atoms with van der Waals surface area (Å²) in [5.74, 6) is 0.356. The van der Waals surface area contributed by atoms with Crippen molar-refractivity contribution in [3.63, 3.8) is 0 Å². The van der Waals surface area contributed by atoms with Gasteiger partial charge in [-0.3, -0.25) is 0 Å². The molecule has 0 aliphatic carbocycles. The first kappa shape index (κ1) is 11.0. The molecule has 0 fully saturated rings. The van der Waals surface area contributed by atoms with E-state index < -0.39 is 0 Å². The lowest BCUT2D eigenvalue weighted by Gasteiger charge is -2.06. The van der Waals surface area contributed by atoms with Crippen molar-refractivity contribution in [1.29, 1.82) is 0 Å². The van der Waals surface area contributed by atoms with Gasteiger partial charge in [-0.1, -0.05) is 13.0 Å². The molecule has 0 aliphatic heterocycles. The Morgan fingerprint density at radius 1 is 1.43 bits per heavy atom. The molecule has 1 aromatic carbocycles. The van der Waals surface area contributed by atoms with Gasteiger partial charge in [0.05, 0.1) is 6.61 Å². The predicted octanol–water partition coefficient (Wildman–Crippen LogP) is 2.12. The number of benzene rings is 1. The Balaban J connectivity index is 2.68. The Morgan fingerprint density at radius 2 is 2.21 bits per heavy atom. The number of hydrogen-bond acceptors (Lipinski definition) is 2. The third-order valence-electron chi connectivity index (χ3n) is 1.91. The van der Waals surface area contributed by atoms with Crippen LogP contribution in [0.2, 0.25) is 0 Å². The van der Waals surface area contributed by atoms with E-state index in [0.717, 1.165) is 6.42 Å². The molecule has 0 spiro atoms. The molecule has 3 heteroatoms. The highest BCUT2D eigenvalue weighted by atomic mass is 19.1. The monoisotopic (exact) mass is 197 g/mol. The third-order valence-corrected chi connectivity index (χ3v) is 1.91. The molecule has 0 saturated carbocycles. The lowest BCUT2D eigenvalue weighted by molar-refractivity contribution is 0.315. The van der Waals surface area contributed by atoms with Crippen LogP contribution in [0.1, 0.15) is 18.9 Å². The summed E-state index contributed by atoms with van der Waals surface area (Å²) in [7, 11) is 0. The Hall–Kier alpha value is -1.09. The summed E-state index contributed by atoms with van der Waals surface area (Å²) in [5.41, 5.74) is 6.00. The van der Waals surface area contributed by atoms with Gasteiger partial charge in [0.2, 0.25) is 0 Å². The molecule has 0 amide bonds. The van der Waals surface area contributed by atoms with Crippen molar-refractivity contribution in [1.82, 2.24) is 0 Å². The van der Waals surface area contributed by atoms with Crippen LogP contribution in [-0.2, 0) is 6.42 Å². The molecule has 0 heterocycles. The van der Waals surface area contributed by atoms with Gasteiger partial charge in [-0.2, -0.15) is 0 Å². The largest absolute Gasteiger partial charge is 0.494 e. The zero-order valence-electron chi connectivity index (χ0n) is 8.42. The van der Waals surface area contributed by atoms with Crippen molar-refractivity contribution in [3.05, 3.63) is 29.6 Å². The fourth-order valence-corrected chi connectivity index (χ4v) is 1.20. The summed E-state index contributed by atoms with van der Waals surface area (Å²) in [6.45, 7) is 3.10. The van der Waals surface area contributed by atoms with Gasteiger partial charge in [0.25, 0.3) is 0 Å². The topological polar surface area (TPSA) is 35.2 Å². The van der Waals surface area contributed by atoms with E-state index in [9.17, 15) is 4.39 Å². The highest BCUT2D eigenvalue weighted by molar-refractivity contribution is 5.29. The summed E-state index contributed by atoms with van der Waals surface area (Å²) >= 11 is 0. The number of ether oxygens (including phenoxy) is 1. The highest BCUT2D eigenvalue weighted by Gasteiger charge is 2.02. The number of nitrogens with two attached hydrogens (primary N) is 1. The molecular weight excluding hydrogens is 181 g/mol. The predicted molar refractivity (Wildman–Crippen MR) is 54.9 cm³/mol. The van der Waals surface area contributed by atoms with E-state index in [-0.39, 0.29) is 5.82 Å². The van der Waals surface area contributed by atoms with Gasteiger partial charge in [0.1, 0.15) is 11.6 Å². The summed E-state index contributed by atoms with van der Waals surface area (Å²) in [5, 5.41) is 0. The van der Waals surface area contributed by atoms with Crippen LogP contribution in [0.25, 0.3) is 0 Å².